The zero-order valence-electron chi connectivity index (χ0n) is 11.2. The summed E-state index contributed by atoms with van der Waals surface area (Å²) in [5.74, 6) is -0.308. The first-order valence-corrected chi connectivity index (χ1v) is 6.59. The monoisotopic (exact) mass is 262 g/mol. The van der Waals surface area contributed by atoms with Crippen molar-refractivity contribution in [1.82, 2.24) is 0 Å². The zero-order valence-corrected chi connectivity index (χ0v) is 11.2. The molecule has 2 N–H and O–H groups in total. The van der Waals surface area contributed by atoms with Crippen molar-refractivity contribution in [2.45, 2.75) is 32.8 Å². The molecule has 2 aliphatic rings. The third-order valence-corrected chi connectivity index (χ3v) is 4.58. The van der Waals surface area contributed by atoms with E-state index in [0.717, 1.165) is 28.7 Å². The van der Waals surface area contributed by atoms with Gasteiger partial charge in [0.2, 0.25) is 0 Å². The number of benzene rings is 1. The van der Waals surface area contributed by atoms with Gasteiger partial charge in [0.25, 0.3) is 0 Å². The number of aliphatic hydroxyl groups excluding tert-OH is 2. The minimum Gasteiger partial charge on any atom is -0.462 e. The third-order valence-electron chi connectivity index (χ3n) is 4.58. The number of ether oxygens (including phenoxy) is 1. The van der Waals surface area contributed by atoms with Crippen LogP contribution in [0, 0.1) is 12.3 Å². The average molecular weight is 262 g/mol. The fourth-order valence-electron chi connectivity index (χ4n) is 3.26. The summed E-state index contributed by atoms with van der Waals surface area (Å²) in [6, 6.07) is 1.75. The first kappa shape index (κ1) is 12.6. The molecule has 0 saturated heterocycles. The highest BCUT2D eigenvalue weighted by molar-refractivity contribution is 5.93. The van der Waals surface area contributed by atoms with Gasteiger partial charge in [-0.15, -0.1) is 0 Å². The minimum absolute atomic E-state index is 0.0720. The van der Waals surface area contributed by atoms with Gasteiger partial charge in [-0.1, -0.05) is 6.92 Å². The number of carbonyl (C=O) groups is 1. The van der Waals surface area contributed by atoms with Crippen molar-refractivity contribution in [2.75, 3.05) is 13.2 Å². The molecule has 1 heterocycles. The van der Waals surface area contributed by atoms with Gasteiger partial charge >= 0.3 is 5.97 Å². The van der Waals surface area contributed by atoms with E-state index in [1.807, 2.05) is 13.8 Å². The number of hydrogen-bond donors (Lipinski definition) is 2. The van der Waals surface area contributed by atoms with Crippen LogP contribution >= 0.6 is 0 Å². The number of hydrogen-bond acceptors (Lipinski definition) is 4. The number of carbonyl (C=O) groups excluding carboxylic acids is 1. The second kappa shape index (κ2) is 4.05. The number of esters is 1. The molecule has 1 aliphatic heterocycles. The maximum atomic E-state index is 11.8. The Kier molecular flexibility index (Phi) is 2.69. The van der Waals surface area contributed by atoms with Crippen LogP contribution in [0.15, 0.2) is 6.07 Å². The number of aliphatic hydroxyl groups is 2. The lowest BCUT2D eigenvalue weighted by Gasteiger charge is -2.25. The molecule has 0 saturated carbocycles. The fraction of sp³-hybridized carbons (Fsp3) is 0.533. The molecule has 102 valence electrons. The second-order valence-corrected chi connectivity index (χ2v) is 5.87. The van der Waals surface area contributed by atoms with Crippen LogP contribution in [0.5, 0.6) is 0 Å². The van der Waals surface area contributed by atoms with E-state index in [-0.39, 0.29) is 12.6 Å². The molecule has 0 bridgehead atoms. The highest BCUT2D eigenvalue weighted by atomic mass is 16.5. The van der Waals surface area contributed by atoms with Gasteiger partial charge in [-0.3, -0.25) is 0 Å². The lowest BCUT2D eigenvalue weighted by atomic mass is 9.86. The van der Waals surface area contributed by atoms with Crippen LogP contribution in [0.2, 0.25) is 0 Å². The summed E-state index contributed by atoms with van der Waals surface area (Å²) in [6.45, 7) is 4.21. The Morgan fingerprint density at radius 1 is 1.47 bits per heavy atom. The van der Waals surface area contributed by atoms with Crippen LogP contribution in [-0.2, 0) is 17.6 Å². The topological polar surface area (TPSA) is 66.8 Å². The highest BCUT2D eigenvalue weighted by Crippen LogP contribution is 2.47. The molecule has 19 heavy (non-hydrogen) atoms. The predicted molar refractivity (Wildman–Crippen MR) is 69.0 cm³/mol. The second-order valence-electron chi connectivity index (χ2n) is 5.87. The first-order chi connectivity index (χ1) is 8.98. The summed E-state index contributed by atoms with van der Waals surface area (Å²) in [6.07, 6.45) is 0.645. The highest BCUT2D eigenvalue weighted by Gasteiger charge is 2.43. The normalized spacial score (nSPS) is 28.8. The van der Waals surface area contributed by atoms with Crippen molar-refractivity contribution in [1.29, 1.82) is 0 Å². The van der Waals surface area contributed by atoms with Crippen molar-refractivity contribution < 1.29 is 19.7 Å². The van der Waals surface area contributed by atoms with Crippen LogP contribution in [0.3, 0.4) is 0 Å². The molecule has 1 aromatic carbocycles. The fourth-order valence-corrected chi connectivity index (χ4v) is 3.26. The molecule has 1 aromatic rings. The molecule has 3 rings (SSSR count). The van der Waals surface area contributed by atoms with E-state index >= 15 is 0 Å². The molecule has 0 fully saturated rings. The predicted octanol–water partition coefficient (Wildman–Crippen LogP) is 1.30. The first-order valence-electron chi connectivity index (χ1n) is 6.59. The van der Waals surface area contributed by atoms with Gasteiger partial charge in [-0.25, -0.2) is 4.79 Å². The average Bonchev–Trinajstić information content (AvgIpc) is 2.66. The van der Waals surface area contributed by atoms with Crippen LogP contribution in [-0.4, -0.2) is 29.4 Å². The molecule has 2 atom stereocenters. The van der Waals surface area contributed by atoms with Gasteiger partial charge in [-0.05, 0) is 41.7 Å². The van der Waals surface area contributed by atoms with E-state index in [2.05, 4.69) is 0 Å². The van der Waals surface area contributed by atoms with E-state index in [1.54, 1.807) is 6.07 Å². The number of cyclic esters (lactones) is 1. The summed E-state index contributed by atoms with van der Waals surface area (Å²) < 4.78 is 5.06. The van der Waals surface area contributed by atoms with Gasteiger partial charge in [0.05, 0.1) is 24.9 Å². The Labute approximate surface area is 112 Å². The molecule has 0 radical (unpaired) electrons. The Balaban J connectivity index is 2.19. The summed E-state index contributed by atoms with van der Waals surface area (Å²) >= 11 is 0. The number of rotatable bonds is 1. The van der Waals surface area contributed by atoms with E-state index in [0.29, 0.717) is 18.6 Å². The maximum absolute atomic E-state index is 11.8. The van der Waals surface area contributed by atoms with Crippen LogP contribution < -0.4 is 0 Å². The summed E-state index contributed by atoms with van der Waals surface area (Å²) in [4.78, 5) is 11.8. The van der Waals surface area contributed by atoms with Gasteiger partial charge in [0.1, 0.15) is 0 Å². The van der Waals surface area contributed by atoms with Crippen LogP contribution in [0.1, 0.15) is 45.6 Å². The molecule has 2 unspecified atom stereocenters. The standard InChI is InChI=1S/C15H18O4/c1-8-9-3-4-19-14(18)11(9)5-10-12(8)6-15(2,7-16)13(10)17/h5,13,16-17H,3-4,6-7H2,1-2H3. The van der Waals surface area contributed by atoms with Crippen molar-refractivity contribution in [3.8, 4) is 0 Å². The van der Waals surface area contributed by atoms with Gasteiger partial charge in [0, 0.05) is 11.8 Å². The Morgan fingerprint density at radius 3 is 2.89 bits per heavy atom. The van der Waals surface area contributed by atoms with E-state index < -0.39 is 11.5 Å². The largest absolute Gasteiger partial charge is 0.462 e. The number of fused-ring (bicyclic) bond motifs is 2. The van der Waals surface area contributed by atoms with Gasteiger partial charge in [0.15, 0.2) is 0 Å². The molecule has 0 aromatic heterocycles. The van der Waals surface area contributed by atoms with Crippen molar-refractivity contribution in [2.24, 2.45) is 5.41 Å². The molecular formula is C15H18O4. The third kappa shape index (κ3) is 1.63. The smallest absolute Gasteiger partial charge is 0.338 e. The zero-order chi connectivity index (χ0) is 13.8. The summed E-state index contributed by atoms with van der Waals surface area (Å²) in [5.41, 5.74) is 3.97. The lowest BCUT2D eigenvalue weighted by molar-refractivity contribution is 0.00778. The molecule has 4 nitrogen and oxygen atoms in total. The molecule has 0 spiro atoms. The maximum Gasteiger partial charge on any atom is 0.338 e. The van der Waals surface area contributed by atoms with Crippen molar-refractivity contribution >= 4 is 5.97 Å². The molecule has 4 heteroatoms. The molecule has 1 aliphatic carbocycles. The van der Waals surface area contributed by atoms with Crippen molar-refractivity contribution in [3.63, 3.8) is 0 Å². The Morgan fingerprint density at radius 2 is 2.21 bits per heavy atom. The van der Waals surface area contributed by atoms with E-state index in [9.17, 15) is 15.0 Å². The Bertz CT molecular complexity index is 564. The van der Waals surface area contributed by atoms with E-state index in [4.69, 9.17) is 4.74 Å². The lowest BCUT2D eigenvalue weighted by Crippen LogP contribution is -2.26. The van der Waals surface area contributed by atoms with Gasteiger partial charge in [-0.2, -0.15) is 0 Å². The SMILES string of the molecule is Cc1c2c(cc3c1CC(C)(CO)C3O)C(=O)OCC2. The minimum atomic E-state index is -0.730. The van der Waals surface area contributed by atoms with Crippen LogP contribution in [0.4, 0.5) is 0 Å². The quantitative estimate of drug-likeness (QED) is 0.749. The molecule has 0 amide bonds. The van der Waals surface area contributed by atoms with E-state index in [1.165, 1.54) is 0 Å². The van der Waals surface area contributed by atoms with Gasteiger partial charge < -0.3 is 14.9 Å². The molecular weight excluding hydrogens is 244 g/mol. The summed E-state index contributed by atoms with van der Waals surface area (Å²) in [5, 5.41) is 19.9. The van der Waals surface area contributed by atoms with Crippen LogP contribution in [0.25, 0.3) is 0 Å². The summed E-state index contributed by atoms with van der Waals surface area (Å²) in [7, 11) is 0. The Hall–Kier alpha value is -1.39. The van der Waals surface area contributed by atoms with Crippen molar-refractivity contribution in [3.05, 3.63) is 33.9 Å².